The van der Waals surface area contributed by atoms with Crippen molar-refractivity contribution in [3.05, 3.63) is 35.7 Å². The third-order valence-corrected chi connectivity index (χ3v) is 1.20. The van der Waals surface area contributed by atoms with E-state index < -0.39 is 0 Å². The number of nitrogens with one attached hydrogen (secondary N) is 1. The quantitative estimate of drug-likeness (QED) is 0.549. The largest absolute Gasteiger partial charge is 0.352 e. The van der Waals surface area contributed by atoms with Crippen molar-refractivity contribution in [2.75, 3.05) is 0 Å². The summed E-state index contributed by atoms with van der Waals surface area (Å²) in [7, 11) is 0. The van der Waals surface area contributed by atoms with Crippen molar-refractivity contribution in [1.29, 1.82) is 10.5 Å². The van der Waals surface area contributed by atoms with E-state index in [4.69, 9.17) is 10.5 Å². The minimum atomic E-state index is 0.289. The molecule has 0 spiro atoms. The first kappa shape index (κ1) is 7.11. The van der Waals surface area contributed by atoms with Gasteiger partial charge < -0.3 is 5.32 Å². The van der Waals surface area contributed by atoms with Gasteiger partial charge in [0.1, 0.15) is 17.8 Å². The molecule has 0 bridgehead atoms. The van der Waals surface area contributed by atoms with E-state index in [2.05, 4.69) is 5.32 Å². The van der Waals surface area contributed by atoms with Crippen molar-refractivity contribution < 1.29 is 0 Å². The summed E-state index contributed by atoms with van der Waals surface area (Å²) in [6, 6.07) is 3.80. The average Bonchev–Trinajstić information content (AvgIpc) is 2.27. The van der Waals surface area contributed by atoms with Crippen LogP contribution in [0.5, 0.6) is 0 Å². The van der Waals surface area contributed by atoms with Crippen LogP contribution >= 0.6 is 0 Å². The summed E-state index contributed by atoms with van der Waals surface area (Å²) in [4.78, 5) is 0. The maximum atomic E-state index is 8.54. The molecule has 0 saturated heterocycles. The number of rotatable bonds is 0. The van der Waals surface area contributed by atoms with Crippen LogP contribution in [0.2, 0.25) is 0 Å². The number of hydrogen-bond donors (Lipinski definition) is 1. The first-order chi connectivity index (χ1) is 5.38. The molecular formula is C8H5N3. The van der Waals surface area contributed by atoms with Crippen LogP contribution in [0.25, 0.3) is 0 Å². The molecule has 0 aromatic heterocycles. The van der Waals surface area contributed by atoms with E-state index in [0.29, 0.717) is 5.57 Å². The van der Waals surface area contributed by atoms with Gasteiger partial charge in [-0.25, -0.2) is 0 Å². The SMILES string of the molecule is N#CC1=C(C#N)NC=CC=C1. The van der Waals surface area contributed by atoms with Gasteiger partial charge in [0, 0.05) is 6.20 Å². The highest BCUT2D eigenvalue weighted by Crippen LogP contribution is 2.04. The molecule has 1 aliphatic rings. The monoisotopic (exact) mass is 143 g/mol. The Bertz CT molecular complexity index is 320. The van der Waals surface area contributed by atoms with Gasteiger partial charge in [-0.2, -0.15) is 10.5 Å². The van der Waals surface area contributed by atoms with Crippen LogP contribution in [-0.2, 0) is 0 Å². The molecule has 0 atom stereocenters. The summed E-state index contributed by atoms with van der Waals surface area (Å²) in [5.74, 6) is 0. The molecule has 0 unspecified atom stereocenters. The van der Waals surface area contributed by atoms with Crippen LogP contribution in [0.3, 0.4) is 0 Å². The summed E-state index contributed by atoms with van der Waals surface area (Å²) < 4.78 is 0. The predicted octanol–water partition coefficient (Wildman–Crippen LogP) is 0.961. The minimum absolute atomic E-state index is 0.289. The molecule has 0 aromatic rings. The fourth-order valence-electron chi connectivity index (χ4n) is 0.686. The Kier molecular flexibility index (Phi) is 2.09. The minimum Gasteiger partial charge on any atom is -0.352 e. The molecule has 0 amide bonds. The highest BCUT2D eigenvalue weighted by Gasteiger charge is 2.01. The molecule has 1 N–H and O–H groups in total. The van der Waals surface area contributed by atoms with E-state index >= 15 is 0 Å². The fraction of sp³-hybridized carbons (Fsp3) is 0. The van der Waals surface area contributed by atoms with E-state index in [1.807, 2.05) is 12.1 Å². The Labute approximate surface area is 64.6 Å². The third-order valence-electron chi connectivity index (χ3n) is 1.20. The first-order valence-corrected chi connectivity index (χ1v) is 3.02. The molecule has 3 nitrogen and oxygen atoms in total. The average molecular weight is 143 g/mol. The van der Waals surface area contributed by atoms with E-state index in [0.717, 1.165) is 0 Å². The van der Waals surface area contributed by atoms with Gasteiger partial charge in [0.15, 0.2) is 0 Å². The topological polar surface area (TPSA) is 59.6 Å². The second-order valence-corrected chi connectivity index (χ2v) is 1.87. The standard InChI is InChI=1S/C8H5N3/c9-5-7-3-1-2-4-11-8(7)6-10/h1-4,11H. The Morgan fingerprint density at radius 2 is 2.00 bits per heavy atom. The van der Waals surface area contributed by atoms with Gasteiger partial charge in [-0.15, -0.1) is 0 Å². The van der Waals surface area contributed by atoms with Crippen LogP contribution in [-0.4, -0.2) is 0 Å². The van der Waals surface area contributed by atoms with Crippen LogP contribution in [0.15, 0.2) is 35.7 Å². The van der Waals surface area contributed by atoms with Gasteiger partial charge in [0.05, 0.1) is 5.57 Å². The van der Waals surface area contributed by atoms with Crippen molar-refractivity contribution in [3.8, 4) is 12.1 Å². The van der Waals surface area contributed by atoms with Gasteiger partial charge in [0.2, 0.25) is 0 Å². The molecule has 0 saturated carbocycles. The van der Waals surface area contributed by atoms with Crippen LogP contribution in [0.4, 0.5) is 0 Å². The lowest BCUT2D eigenvalue weighted by Gasteiger charge is -1.94. The molecule has 1 aliphatic heterocycles. The Balaban J connectivity index is 3.09. The van der Waals surface area contributed by atoms with Gasteiger partial charge in [-0.3, -0.25) is 0 Å². The van der Waals surface area contributed by atoms with Crippen molar-refractivity contribution in [1.82, 2.24) is 5.32 Å². The molecular weight excluding hydrogens is 138 g/mol. The Morgan fingerprint density at radius 3 is 2.64 bits per heavy atom. The van der Waals surface area contributed by atoms with E-state index in [9.17, 15) is 0 Å². The van der Waals surface area contributed by atoms with E-state index in [-0.39, 0.29) is 5.70 Å². The number of allylic oxidation sites excluding steroid dienone is 5. The Hall–Kier alpha value is -2.00. The number of nitrogens with zero attached hydrogens (tertiary/aromatic N) is 2. The fourth-order valence-corrected chi connectivity index (χ4v) is 0.686. The molecule has 0 aromatic carbocycles. The van der Waals surface area contributed by atoms with Crippen molar-refractivity contribution in [2.45, 2.75) is 0 Å². The van der Waals surface area contributed by atoms with Crippen LogP contribution < -0.4 is 5.32 Å². The summed E-state index contributed by atoms with van der Waals surface area (Å²) in [5.41, 5.74) is 0.648. The lowest BCUT2D eigenvalue weighted by atomic mass is 10.2. The van der Waals surface area contributed by atoms with Gasteiger partial charge >= 0.3 is 0 Å². The molecule has 3 heteroatoms. The zero-order valence-corrected chi connectivity index (χ0v) is 5.70. The molecule has 52 valence electrons. The summed E-state index contributed by atoms with van der Waals surface area (Å²) in [6.45, 7) is 0. The predicted molar refractivity (Wildman–Crippen MR) is 39.7 cm³/mol. The first-order valence-electron chi connectivity index (χ1n) is 3.02. The summed E-state index contributed by atoms with van der Waals surface area (Å²) >= 11 is 0. The molecule has 1 heterocycles. The van der Waals surface area contributed by atoms with Gasteiger partial charge in [0.25, 0.3) is 0 Å². The number of nitriles is 2. The molecule has 0 fully saturated rings. The smallest absolute Gasteiger partial charge is 0.135 e. The summed E-state index contributed by atoms with van der Waals surface area (Å²) in [6.07, 6.45) is 6.63. The number of hydrogen-bond acceptors (Lipinski definition) is 3. The second kappa shape index (κ2) is 3.24. The molecule has 1 rings (SSSR count). The highest BCUT2D eigenvalue weighted by atomic mass is 14.9. The maximum Gasteiger partial charge on any atom is 0.135 e. The normalized spacial score (nSPS) is 14.7. The van der Waals surface area contributed by atoms with Crippen molar-refractivity contribution in [2.24, 2.45) is 0 Å². The second-order valence-electron chi connectivity index (χ2n) is 1.87. The third kappa shape index (κ3) is 1.47. The summed E-state index contributed by atoms with van der Waals surface area (Å²) in [5, 5.41) is 19.8. The maximum absolute atomic E-state index is 8.54. The van der Waals surface area contributed by atoms with Crippen molar-refractivity contribution in [3.63, 3.8) is 0 Å². The van der Waals surface area contributed by atoms with Crippen molar-refractivity contribution >= 4 is 0 Å². The van der Waals surface area contributed by atoms with E-state index in [1.165, 1.54) is 0 Å². The van der Waals surface area contributed by atoms with Gasteiger partial charge in [-0.05, 0) is 12.2 Å². The molecule has 0 aliphatic carbocycles. The molecule has 0 radical (unpaired) electrons. The van der Waals surface area contributed by atoms with Gasteiger partial charge in [-0.1, -0.05) is 6.08 Å². The lowest BCUT2D eigenvalue weighted by molar-refractivity contribution is 1.11. The highest BCUT2D eigenvalue weighted by molar-refractivity contribution is 5.45. The zero-order chi connectivity index (χ0) is 8.10. The Morgan fingerprint density at radius 1 is 1.18 bits per heavy atom. The van der Waals surface area contributed by atoms with Crippen LogP contribution in [0.1, 0.15) is 0 Å². The lowest BCUT2D eigenvalue weighted by Crippen LogP contribution is -2.03. The zero-order valence-electron chi connectivity index (χ0n) is 5.70. The van der Waals surface area contributed by atoms with Crippen LogP contribution in [0, 0.1) is 22.7 Å². The molecule has 11 heavy (non-hydrogen) atoms. The van der Waals surface area contributed by atoms with E-state index in [1.54, 1.807) is 24.4 Å².